The monoisotopic (exact) mass is 288 g/mol. The number of carboxylic acid groups (broad SMARTS) is 1. The molecule has 2 aromatic rings. The topological polar surface area (TPSA) is 92.2 Å². The van der Waals surface area contributed by atoms with Crippen molar-refractivity contribution in [3.63, 3.8) is 0 Å². The van der Waals surface area contributed by atoms with Crippen molar-refractivity contribution in [3.8, 4) is 0 Å². The number of aromatic amines is 1. The summed E-state index contributed by atoms with van der Waals surface area (Å²) in [7, 11) is 0. The molecular weight excluding hydrogens is 272 g/mol. The van der Waals surface area contributed by atoms with Gasteiger partial charge in [0.1, 0.15) is 0 Å². The van der Waals surface area contributed by atoms with E-state index < -0.39 is 17.1 Å². The van der Waals surface area contributed by atoms with Crippen LogP contribution in [0.25, 0.3) is 11.0 Å². The van der Waals surface area contributed by atoms with E-state index >= 15 is 0 Å². The molecule has 110 valence electrons. The molecule has 2 atom stereocenters. The maximum atomic E-state index is 12.2. The number of carbonyl (C=O) groups is 1. The summed E-state index contributed by atoms with van der Waals surface area (Å²) in [5, 5.41) is 9.23. The van der Waals surface area contributed by atoms with Crippen LogP contribution in [0.2, 0.25) is 0 Å². The van der Waals surface area contributed by atoms with Gasteiger partial charge in [0, 0.05) is 6.04 Å². The average Bonchev–Trinajstić information content (AvgIpc) is 2.85. The summed E-state index contributed by atoms with van der Waals surface area (Å²) in [5.74, 6) is -0.625. The number of aromatic nitrogens is 2. The molecule has 0 amide bonds. The lowest BCUT2D eigenvalue weighted by Gasteiger charge is -2.17. The van der Waals surface area contributed by atoms with Crippen molar-refractivity contribution in [2.24, 2.45) is 5.92 Å². The van der Waals surface area contributed by atoms with Gasteiger partial charge in [-0.3, -0.25) is 14.2 Å². The molecule has 1 aliphatic carbocycles. The molecule has 0 bridgehead atoms. The van der Waals surface area contributed by atoms with Crippen LogP contribution in [0.3, 0.4) is 0 Å². The van der Waals surface area contributed by atoms with Crippen LogP contribution < -0.4 is 11.1 Å². The van der Waals surface area contributed by atoms with E-state index in [4.69, 9.17) is 0 Å². The third-order valence-electron chi connectivity index (χ3n) is 4.22. The van der Waals surface area contributed by atoms with Gasteiger partial charge in [-0.25, -0.2) is 4.79 Å². The van der Waals surface area contributed by atoms with E-state index in [0.29, 0.717) is 11.4 Å². The molecule has 21 heavy (non-hydrogen) atoms. The van der Waals surface area contributed by atoms with Crippen molar-refractivity contribution in [2.75, 3.05) is 0 Å². The second-order valence-electron chi connectivity index (χ2n) is 5.71. The van der Waals surface area contributed by atoms with Gasteiger partial charge < -0.3 is 10.1 Å². The van der Waals surface area contributed by atoms with E-state index in [9.17, 15) is 19.5 Å². The predicted octanol–water partition coefficient (Wildman–Crippen LogP) is 1.75. The number of fused-ring (bicyclic) bond motifs is 1. The number of hydrogen-bond donors (Lipinski definition) is 2. The fourth-order valence-electron chi connectivity index (χ4n) is 3.21. The largest absolute Gasteiger partial charge is 0.478 e. The van der Waals surface area contributed by atoms with E-state index in [1.54, 1.807) is 12.1 Å². The Morgan fingerprint density at radius 1 is 1.33 bits per heavy atom. The fraction of sp³-hybridized carbons (Fsp3) is 0.400. The lowest BCUT2D eigenvalue weighted by molar-refractivity contribution is 0.0698. The first kappa shape index (κ1) is 13.6. The summed E-state index contributed by atoms with van der Waals surface area (Å²) in [6.45, 7) is 2.11. The van der Waals surface area contributed by atoms with Gasteiger partial charge in [0.05, 0.1) is 16.6 Å². The summed E-state index contributed by atoms with van der Waals surface area (Å²) in [4.78, 5) is 37.8. The molecule has 1 aromatic carbocycles. The number of aromatic carboxylic acids is 1. The predicted molar refractivity (Wildman–Crippen MR) is 77.8 cm³/mol. The first-order chi connectivity index (χ1) is 9.99. The lowest BCUT2D eigenvalue weighted by Crippen LogP contribution is -2.38. The highest BCUT2D eigenvalue weighted by Gasteiger charge is 2.26. The molecule has 1 aromatic heterocycles. The first-order valence-electron chi connectivity index (χ1n) is 7.00. The number of hydrogen-bond acceptors (Lipinski definition) is 3. The zero-order valence-electron chi connectivity index (χ0n) is 11.6. The molecule has 2 unspecified atom stereocenters. The van der Waals surface area contributed by atoms with Crippen LogP contribution in [0.15, 0.2) is 27.8 Å². The van der Waals surface area contributed by atoms with Crippen LogP contribution >= 0.6 is 0 Å². The summed E-state index contributed by atoms with van der Waals surface area (Å²) in [6, 6.07) is 4.66. The Bertz CT molecular complexity index is 834. The Labute approximate surface area is 120 Å². The molecule has 0 spiro atoms. The normalized spacial score (nSPS) is 21.8. The Morgan fingerprint density at radius 3 is 2.71 bits per heavy atom. The van der Waals surface area contributed by atoms with Gasteiger partial charge >= 0.3 is 17.1 Å². The van der Waals surface area contributed by atoms with Gasteiger partial charge in [-0.05, 0) is 37.3 Å². The third kappa shape index (κ3) is 2.16. The zero-order chi connectivity index (χ0) is 15.1. The number of nitrogens with one attached hydrogen (secondary N) is 1. The molecular formula is C15H16N2O4. The van der Waals surface area contributed by atoms with E-state index in [1.807, 2.05) is 0 Å². The third-order valence-corrected chi connectivity index (χ3v) is 4.22. The molecule has 1 heterocycles. The molecule has 6 heteroatoms. The summed E-state index contributed by atoms with van der Waals surface area (Å²) >= 11 is 0. The van der Waals surface area contributed by atoms with Crippen LogP contribution in [-0.2, 0) is 0 Å². The number of nitrogens with zero attached hydrogens (tertiary/aromatic N) is 1. The van der Waals surface area contributed by atoms with Crippen molar-refractivity contribution >= 4 is 17.0 Å². The highest BCUT2D eigenvalue weighted by atomic mass is 16.4. The second kappa shape index (κ2) is 4.87. The quantitative estimate of drug-likeness (QED) is 0.823. The summed E-state index contributed by atoms with van der Waals surface area (Å²) < 4.78 is 1.48. The Balaban J connectivity index is 2.35. The Morgan fingerprint density at radius 2 is 2.10 bits per heavy atom. The van der Waals surface area contributed by atoms with E-state index in [2.05, 4.69) is 11.9 Å². The Hall–Kier alpha value is -2.37. The number of carboxylic acids is 1. The van der Waals surface area contributed by atoms with Crippen LogP contribution in [0, 0.1) is 5.92 Å². The standard InChI is InChI=1S/C15H16N2O4/c1-8-5-6-9(7-8)17-11-4-2-3-10(15(20)21)12(11)16-13(18)14(17)19/h2-4,8-9H,5-7H2,1H3,(H,16,18)(H,20,21). The summed E-state index contributed by atoms with van der Waals surface area (Å²) in [5.41, 5.74) is -0.669. The minimum Gasteiger partial charge on any atom is -0.478 e. The van der Waals surface area contributed by atoms with Crippen molar-refractivity contribution in [1.82, 2.24) is 9.55 Å². The molecule has 1 saturated carbocycles. The lowest BCUT2D eigenvalue weighted by atomic mass is 10.1. The maximum absolute atomic E-state index is 12.2. The molecule has 1 aliphatic rings. The minimum absolute atomic E-state index is 0.00407. The van der Waals surface area contributed by atoms with Crippen LogP contribution in [-0.4, -0.2) is 20.6 Å². The second-order valence-corrected chi connectivity index (χ2v) is 5.71. The van der Waals surface area contributed by atoms with Gasteiger partial charge in [0.15, 0.2) is 0 Å². The van der Waals surface area contributed by atoms with Gasteiger partial charge in [-0.2, -0.15) is 0 Å². The molecule has 2 N–H and O–H groups in total. The zero-order valence-corrected chi connectivity index (χ0v) is 11.6. The smallest absolute Gasteiger partial charge is 0.337 e. The van der Waals surface area contributed by atoms with Gasteiger partial charge in [0.2, 0.25) is 0 Å². The van der Waals surface area contributed by atoms with Gasteiger partial charge in [0.25, 0.3) is 0 Å². The van der Waals surface area contributed by atoms with Crippen molar-refractivity contribution in [2.45, 2.75) is 32.2 Å². The van der Waals surface area contributed by atoms with Crippen molar-refractivity contribution < 1.29 is 9.90 Å². The van der Waals surface area contributed by atoms with Gasteiger partial charge in [-0.15, -0.1) is 0 Å². The summed E-state index contributed by atoms with van der Waals surface area (Å²) in [6.07, 6.45) is 2.66. The maximum Gasteiger partial charge on any atom is 0.337 e. The van der Waals surface area contributed by atoms with E-state index in [1.165, 1.54) is 10.6 Å². The number of H-pyrrole nitrogens is 1. The van der Waals surface area contributed by atoms with Crippen LogP contribution in [0.4, 0.5) is 0 Å². The SMILES string of the molecule is CC1CCC(n2c(=O)c(=O)[nH]c3c(C(=O)O)cccc32)C1. The average molecular weight is 288 g/mol. The Kier molecular flexibility index (Phi) is 3.16. The minimum atomic E-state index is -1.12. The number of benzene rings is 1. The van der Waals surface area contributed by atoms with Gasteiger partial charge in [-0.1, -0.05) is 13.0 Å². The molecule has 0 aliphatic heterocycles. The number of rotatable bonds is 2. The van der Waals surface area contributed by atoms with Crippen LogP contribution in [0.1, 0.15) is 42.6 Å². The highest BCUT2D eigenvalue weighted by Crippen LogP contribution is 2.34. The first-order valence-corrected chi connectivity index (χ1v) is 7.00. The molecule has 0 radical (unpaired) electrons. The molecule has 1 fully saturated rings. The van der Waals surface area contributed by atoms with Crippen molar-refractivity contribution in [1.29, 1.82) is 0 Å². The fourth-order valence-corrected chi connectivity index (χ4v) is 3.21. The molecule has 0 saturated heterocycles. The highest BCUT2D eigenvalue weighted by molar-refractivity contribution is 6.00. The van der Waals surface area contributed by atoms with Crippen LogP contribution in [0.5, 0.6) is 0 Å². The van der Waals surface area contributed by atoms with Crippen molar-refractivity contribution in [3.05, 3.63) is 44.5 Å². The van der Waals surface area contributed by atoms with E-state index in [0.717, 1.165) is 19.3 Å². The number of para-hydroxylation sites is 1. The molecule has 6 nitrogen and oxygen atoms in total. The van der Waals surface area contributed by atoms with E-state index in [-0.39, 0.29) is 17.1 Å². The molecule has 3 rings (SSSR count).